The molecule has 0 saturated heterocycles. The summed E-state index contributed by atoms with van der Waals surface area (Å²) in [5, 5.41) is 0. The van der Waals surface area contributed by atoms with Crippen LogP contribution in [0.3, 0.4) is 0 Å². The van der Waals surface area contributed by atoms with Gasteiger partial charge in [0.25, 0.3) is 0 Å². The van der Waals surface area contributed by atoms with Crippen LogP contribution < -0.4 is 0 Å². The van der Waals surface area contributed by atoms with Gasteiger partial charge in [0.05, 0.1) is 8.07 Å². The second-order valence-electron chi connectivity index (χ2n) is 5.12. The molecule has 0 atom stereocenters. The van der Waals surface area contributed by atoms with Gasteiger partial charge in [0.15, 0.2) is 0 Å². The molecule has 0 bridgehead atoms. The van der Waals surface area contributed by atoms with Crippen LogP contribution in [0.15, 0.2) is 10.6 Å². The Hall–Kier alpha value is 0.307. The van der Waals surface area contributed by atoms with E-state index in [9.17, 15) is 0 Å². The van der Waals surface area contributed by atoms with Crippen LogP contribution in [-0.4, -0.2) is 12.8 Å². The fraction of sp³-hybridized carbons (Fsp3) is 0.800. The average Bonchev–Trinajstić information content (AvgIpc) is 1.78. The lowest BCUT2D eigenvalue weighted by Crippen LogP contribution is -2.25. The molecule has 0 aromatic carbocycles. The fourth-order valence-corrected chi connectivity index (χ4v) is 4.76. The van der Waals surface area contributed by atoms with E-state index in [1.54, 1.807) is 4.53 Å². The average molecular weight is 202 g/mol. The molecule has 72 valence electrons. The molecule has 0 unspecified atom stereocenters. The van der Waals surface area contributed by atoms with Crippen LogP contribution in [0.4, 0.5) is 0 Å². The Bertz CT molecular complexity index is 169. The highest BCUT2D eigenvalue weighted by molar-refractivity contribution is 8.06. The highest BCUT2D eigenvalue weighted by atomic mass is 32.2. The van der Waals surface area contributed by atoms with E-state index in [1.807, 2.05) is 11.8 Å². The van der Waals surface area contributed by atoms with Gasteiger partial charge in [-0.05, 0) is 11.5 Å². The van der Waals surface area contributed by atoms with Gasteiger partial charge in [0, 0.05) is 4.75 Å². The van der Waals surface area contributed by atoms with Crippen LogP contribution in [0.2, 0.25) is 19.6 Å². The zero-order valence-corrected chi connectivity index (χ0v) is 11.3. The van der Waals surface area contributed by atoms with Crippen molar-refractivity contribution in [1.29, 1.82) is 0 Å². The predicted molar refractivity (Wildman–Crippen MR) is 64.4 cm³/mol. The molecule has 0 amide bonds. The molecule has 0 saturated carbocycles. The van der Waals surface area contributed by atoms with E-state index in [-0.39, 0.29) is 0 Å². The molecule has 0 heterocycles. The van der Waals surface area contributed by atoms with Gasteiger partial charge < -0.3 is 0 Å². The Morgan fingerprint density at radius 2 is 1.58 bits per heavy atom. The van der Waals surface area contributed by atoms with Gasteiger partial charge in [-0.15, -0.1) is 11.8 Å². The topological polar surface area (TPSA) is 0 Å². The van der Waals surface area contributed by atoms with Crippen molar-refractivity contribution < 1.29 is 0 Å². The first-order valence-corrected chi connectivity index (χ1v) is 8.84. The summed E-state index contributed by atoms with van der Waals surface area (Å²) in [6, 6.07) is 0. The van der Waals surface area contributed by atoms with E-state index in [1.165, 1.54) is 0 Å². The zero-order valence-electron chi connectivity index (χ0n) is 9.49. The number of rotatable bonds is 2. The molecule has 0 aliphatic carbocycles. The molecule has 2 heteroatoms. The third kappa shape index (κ3) is 5.04. The van der Waals surface area contributed by atoms with Crippen molar-refractivity contribution in [1.82, 2.24) is 0 Å². The molecule has 0 N–H and O–H groups in total. The SMILES string of the molecule is C/C=C(/SC(C)(C)C)[Si](C)(C)C. The van der Waals surface area contributed by atoms with Crippen LogP contribution >= 0.6 is 11.8 Å². The minimum absolute atomic E-state index is 0.363. The number of hydrogen-bond donors (Lipinski definition) is 0. The van der Waals surface area contributed by atoms with Crippen molar-refractivity contribution in [3.63, 3.8) is 0 Å². The van der Waals surface area contributed by atoms with Gasteiger partial charge in [-0.2, -0.15) is 0 Å². The molecule has 0 aliphatic heterocycles. The molecule has 0 rings (SSSR count). The Labute approximate surface area is 82.8 Å². The van der Waals surface area contributed by atoms with Gasteiger partial charge in [-0.3, -0.25) is 0 Å². The van der Waals surface area contributed by atoms with Crippen molar-refractivity contribution in [2.75, 3.05) is 0 Å². The summed E-state index contributed by atoms with van der Waals surface area (Å²) in [7, 11) is -1.07. The maximum atomic E-state index is 2.40. The second-order valence-corrected chi connectivity index (χ2v) is 12.4. The lowest BCUT2D eigenvalue weighted by Gasteiger charge is -2.27. The lowest BCUT2D eigenvalue weighted by atomic mass is 10.3. The molecular weight excluding hydrogens is 180 g/mol. The molecule has 0 spiro atoms. The largest absolute Gasteiger partial charge is 0.130 e. The maximum Gasteiger partial charge on any atom is 0.0853 e. The van der Waals surface area contributed by atoms with Crippen LogP contribution in [-0.2, 0) is 0 Å². The first-order chi connectivity index (χ1) is 5.17. The van der Waals surface area contributed by atoms with Crippen molar-refractivity contribution in [3.05, 3.63) is 10.6 Å². The summed E-state index contributed by atoms with van der Waals surface area (Å²) in [5.41, 5.74) is 0. The summed E-state index contributed by atoms with van der Waals surface area (Å²) in [6.07, 6.45) is 2.29. The number of hydrogen-bond acceptors (Lipinski definition) is 1. The molecular formula is C10H22SSi. The molecule has 0 fully saturated rings. The van der Waals surface area contributed by atoms with Gasteiger partial charge in [0.1, 0.15) is 0 Å². The monoisotopic (exact) mass is 202 g/mol. The smallest absolute Gasteiger partial charge is 0.0853 e. The van der Waals surface area contributed by atoms with Crippen LogP contribution in [0.1, 0.15) is 27.7 Å². The summed E-state index contributed by atoms with van der Waals surface area (Å²) >= 11 is 2.03. The normalized spacial score (nSPS) is 15.1. The summed E-state index contributed by atoms with van der Waals surface area (Å²) in [4.78, 5) is 0. The highest BCUT2D eigenvalue weighted by Crippen LogP contribution is 2.36. The van der Waals surface area contributed by atoms with E-state index in [2.05, 4.69) is 53.4 Å². The Balaban J connectivity index is 4.43. The van der Waals surface area contributed by atoms with Crippen LogP contribution in [0, 0.1) is 0 Å². The van der Waals surface area contributed by atoms with Crippen molar-refractivity contribution in [3.8, 4) is 0 Å². The minimum Gasteiger partial charge on any atom is -0.130 e. The van der Waals surface area contributed by atoms with Crippen LogP contribution in [0.5, 0.6) is 0 Å². The Morgan fingerprint density at radius 3 is 1.67 bits per heavy atom. The Morgan fingerprint density at radius 1 is 1.17 bits per heavy atom. The molecule has 0 radical (unpaired) electrons. The van der Waals surface area contributed by atoms with Crippen molar-refractivity contribution in [2.24, 2.45) is 0 Å². The minimum atomic E-state index is -1.07. The second kappa shape index (κ2) is 4.01. The molecule has 0 aromatic heterocycles. The first-order valence-electron chi connectivity index (χ1n) is 4.52. The van der Waals surface area contributed by atoms with E-state index in [4.69, 9.17) is 0 Å². The van der Waals surface area contributed by atoms with Gasteiger partial charge in [0.2, 0.25) is 0 Å². The molecule has 0 aliphatic rings. The predicted octanol–water partition coefficient (Wildman–Crippen LogP) is 4.30. The van der Waals surface area contributed by atoms with E-state index in [0.717, 1.165) is 0 Å². The van der Waals surface area contributed by atoms with Gasteiger partial charge in [-0.25, -0.2) is 0 Å². The molecule has 12 heavy (non-hydrogen) atoms. The van der Waals surface area contributed by atoms with E-state index < -0.39 is 8.07 Å². The Kier molecular flexibility index (Phi) is 4.11. The zero-order chi connectivity index (χ0) is 9.99. The standard InChI is InChI=1S/C10H22SSi/c1-8-9(12(5,6)7)11-10(2,3)4/h8H,1-7H3/b9-8-. The summed E-state index contributed by atoms with van der Waals surface area (Å²) in [6.45, 7) is 16.2. The lowest BCUT2D eigenvalue weighted by molar-refractivity contribution is 0.807. The fourth-order valence-electron chi connectivity index (χ4n) is 0.975. The summed E-state index contributed by atoms with van der Waals surface area (Å²) < 4.78 is 1.98. The third-order valence-electron chi connectivity index (χ3n) is 1.42. The molecule has 0 nitrogen and oxygen atoms in total. The quantitative estimate of drug-likeness (QED) is 0.602. The van der Waals surface area contributed by atoms with Gasteiger partial charge in [-0.1, -0.05) is 46.5 Å². The van der Waals surface area contributed by atoms with E-state index >= 15 is 0 Å². The first kappa shape index (κ1) is 12.3. The number of allylic oxidation sites excluding steroid dienone is 1. The molecule has 0 aromatic rings. The van der Waals surface area contributed by atoms with Crippen molar-refractivity contribution >= 4 is 19.8 Å². The maximum absolute atomic E-state index is 2.40. The van der Waals surface area contributed by atoms with Gasteiger partial charge >= 0.3 is 0 Å². The highest BCUT2D eigenvalue weighted by Gasteiger charge is 2.24. The third-order valence-corrected chi connectivity index (χ3v) is 6.40. The van der Waals surface area contributed by atoms with E-state index in [0.29, 0.717) is 4.75 Å². The number of thioether (sulfide) groups is 1. The summed E-state index contributed by atoms with van der Waals surface area (Å²) in [5.74, 6) is 0. The van der Waals surface area contributed by atoms with Crippen LogP contribution in [0.25, 0.3) is 0 Å². The van der Waals surface area contributed by atoms with Crippen molar-refractivity contribution in [2.45, 2.75) is 52.1 Å².